The standard InChI is InChI=1S/C11H6F2OS/c12-8-3-7(4-9(13)5-8)11-2-1-10(6-14)15-11/h1-6H. The van der Waals surface area contributed by atoms with Crippen LogP contribution in [0.4, 0.5) is 8.78 Å². The quantitative estimate of drug-likeness (QED) is 0.713. The van der Waals surface area contributed by atoms with Gasteiger partial charge < -0.3 is 0 Å². The van der Waals surface area contributed by atoms with Gasteiger partial charge in [-0.05, 0) is 29.8 Å². The molecule has 0 bridgehead atoms. The fourth-order valence-corrected chi connectivity index (χ4v) is 2.08. The zero-order chi connectivity index (χ0) is 10.8. The molecule has 0 saturated carbocycles. The lowest BCUT2D eigenvalue weighted by Crippen LogP contribution is -1.81. The molecule has 0 aliphatic carbocycles. The maximum atomic E-state index is 12.9. The Morgan fingerprint density at radius 3 is 2.27 bits per heavy atom. The van der Waals surface area contributed by atoms with Crippen molar-refractivity contribution < 1.29 is 13.6 Å². The zero-order valence-corrected chi connectivity index (χ0v) is 8.35. The second kappa shape index (κ2) is 3.90. The van der Waals surface area contributed by atoms with Crippen molar-refractivity contribution in [3.63, 3.8) is 0 Å². The van der Waals surface area contributed by atoms with Crippen molar-refractivity contribution in [2.75, 3.05) is 0 Å². The lowest BCUT2D eigenvalue weighted by atomic mass is 10.2. The van der Waals surface area contributed by atoms with Crippen LogP contribution in [0.1, 0.15) is 9.67 Å². The SMILES string of the molecule is O=Cc1ccc(-c2cc(F)cc(F)c2)s1. The molecular weight excluding hydrogens is 218 g/mol. The topological polar surface area (TPSA) is 17.1 Å². The molecule has 1 nitrogen and oxygen atoms in total. The van der Waals surface area contributed by atoms with Crippen LogP contribution < -0.4 is 0 Å². The fraction of sp³-hybridized carbons (Fsp3) is 0. The van der Waals surface area contributed by atoms with Gasteiger partial charge in [0.2, 0.25) is 0 Å². The monoisotopic (exact) mass is 224 g/mol. The van der Waals surface area contributed by atoms with E-state index in [9.17, 15) is 13.6 Å². The number of aldehydes is 1. The van der Waals surface area contributed by atoms with E-state index in [4.69, 9.17) is 0 Å². The third-order valence-corrected chi connectivity index (χ3v) is 2.95. The van der Waals surface area contributed by atoms with E-state index in [0.717, 1.165) is 6.07 Å². The Balaban J connectivity index is 2.48. The van der Waals surface area contributed by atoms with Crippen LogP contribution in [0.25, 0.3) is 10.4 Å². The molecule has 1 aromatic carbocycles. The average molecular weight is 224 g/mol. The molecule has 2 aromatic rings. The molecule has 4 heteroatoms. The smallest absolute Gasteiger partial charge is 0.160 e. The van der Waals surface area contributed by atoms with E-state index in [0.29, 0.717) is 21.6 Å². The van der Waals surface area contributed by atoms with Gasteiger partial charge >= 0.3 is 0 Å². The molecule has 15 heavy (non-hydrogen) atoms. The molecule has 0 radical (unpaired) electrons. The second-order valence-electron chi connectivity index (χ2n) is 2.98. The molecule has 0 amide bonds. The molecule has 0 aliphatic rings. The van der Waals surface area contributed by atoms with Crippen LogP contribution in [-0.4, -0.2) is 6.29 Å². The van der Waals surface area contributed by atoms with Crippen molar-refractivity contribution in [2.45, 2.75) is 0 Å². The Morgan fingerprint density at radius 2 is 1.73 bits per heavy atom. The van der Waals surface area contributed by atoms with Crippen molar-refractivity contribution in [3.05, 3.63) is 46.8 Å². The minimum absolute atomic E-state index is 0.450. The van der Waals surface area contributed by atoms with Gasteiger partial charge in [-0.2, -0.15) is 0 Å². The predicted molar refractivity (Wildman–Crippen MR) is 55.1 cm³/mol. The summed E-state index contributed by atoms with van der Waals surface area (Å²) >= 11 is 1.20. The molecule has 0 unspecified atom stereocenters. The normalized spacial score (nSPS) is 10.3. The summed E-state index contributed by atoms with van der Waals surface area (Å²) in [6.07, 6.45) is 0.712. The molecule has 1 heterocycles. The third-order valence-electron chi connectivity index (χ3n) is 1.89. The van der Waals surface area contributed by atoms with Gasteiger partial charge in [-0.15, -0.1) is 11.3 Å². The number of hydrogen-bond donors (Lipinski definition) is 0. The summed E-state index contributed by atoms with van der Waals surface area (Å²) in [5.74, 6) is -1.24. The molecule has 0 fully saturated rings. The molecule has 0 aliphatic heterocycles. The molecular formula is C11H6F2OS. The highest BCUT2D eigenvalue weighted by atomic mass is 32.1. The van der Waals surface area contributed by atoms with Crippen molar-refractivity contribution in [2.24, 2.45) is 0 Å². The van der Waals surface area contributed by atoms with Gasteiger partial charge in [0.15, 0.2) is 6.29 Å². The fourth-order valence-electron chi connectivity index (χ4n) is 1.27. The summed E-state index contributed by atoms with van der Waals surface area (Å²) in [6, 6.07) is 6.59. The van der Waals surface area contributed by atoms with Gasteiger partial charge in [-0.1, -0.05) is 0 Å². The Morgan fingerprint density at radius 1 is 1.07 bits per heavy atom. The van der Waals surface area contributed by atoms with Crippen molar-refractivity contribution in [3.8, 4) is 10.4 Å². The number of rotatable bonds is 2. The first kappa shape index (κ1) is 9.98. The molecule has 0 spiro atoms. The first-order chi connectivity index (χ1) is 7.19. The molecule has 1 aromatic heterocycles. The summed E-state index contributed by atoms with van der Waals surface area (Å²) in [5.41, 5.74) is 0.450. The summed E-state index contributed by atoms with van der Waals surface area (Å²) < 4.78 is 25.8. The molecule has 76 valence electrons. The highest BCUT2D eigenvalue weighted by Crippen LogP contribution is 2.28. The van der Waals surface area contributed by atoms with Crippen LogP contribution in [0.3, 0.4) is 0 Å². The minimum Gasteiger partial charge on any atom is -0.297 e. The largest absolute Gasteiger partial charge is 0.297 e. The van der Waals surface area contributed by atoms with Crippen molar-refractivity contribution in [1.29, 1.82) is 0 Å². The first-order valence-corrected chi connectivity index (χ1v) is 5.02. The lowest BCUT2D eigenvalue weighted by molar-refractivity contribution is 0.112. The van der Waals surface area contributed by atoms with Crippen molar-refractivity contribution >= 4 is 17.6 Å². The van der Waals surface area contributed by atoms with Crippen LogP contribution in [0.5, 0.6) is 0 Å². The first-order valence-electron chi connectivity index (χ1n) is 4.20. The van der Waals surface area contributed by atoms with E-state index >= 15 is 0 Å². The number of carbonyl (C=O) groups excluding carboxylic acids is 1. The van der Waals surface area contributed by atoms with Crippen LogP contribution in [0, 0.1) is 11.6 Å². The van der Waals surface area contributed by atoms with E-state index in [1.165, 1.54) is 23.5 Å². The number of hydrogen-bond acceptors (Lipinski definition) is 2. The van der Waals surface area contributed by atoms with E-state index in [2.05, 4.69) is 0 Å². The maximum Gasteiger partial charge on any atom is 0.160 e. The van der Waals surface area contributed by atoms with Gasteiger partial charge in [-0.25, -0.2) is 8.78 Å². The maximum absolute atomic E-state index is 12.9. The van der Waals surface area contributed by atoms with Crippen LogP contribution >= 0.6 is 11.3 Å². The van der Waals surface area contributed by atoms with E-state index in [-0.39, 0.29) is 0 Å². The predicted octanol–water partition coefficient (Wildman–Crippen LogP) is 3.51. The molecule has 0 N–H and O–H groups in total. The summed E-state index contributed by atoms with van der Waals surface area (Å²) in [7, 11) is 0. The third kappa shape index (κ3) is 2.10. The number of thiophene rings is 1. The Bertz CT molecular complexity index is 485. The summed E-state index contributed by atoms with van der Waals surface area (Å²) in [6.45, 7) is 0. The minimum atomic E-state index is -0.619. The number of carbonyl (C=O) groups is 1. The van der Waals surface area contributed by atoms with Crippen molar-refractivity contribution in [1.82, 2.24) is 0 Å². The molecule has 0 saturated heterocycles. The second-order valence-corrected chi connectivity index (χ2v) is 4.09. The van der Waals surface area contributed by atoms with Crippen LogP contribution in [0.15, 0.2) is 30.3 Å². The number of benzene rings is 1. The van der Waals surface area contributed by atoms with Gasteiger partial charge in [0.1, 0.15) is 11.6 Å². The molecule has 0 atom stereocenters. The van der Waals surface area contributed by atoms with Gasteiger partial charge in [0.05, 0.1) is 4.88 Å². The number of halogens is 2. The highest BCUT2D eigenvalue weighted by molar-refractivity contribution is 7.17. The Kier molecular flexibility index (Phi) is 2.60. The summed E-state index contributed by atoms with van der Waals surface area (Å²) in [4.78, 5) is 11.7. The zero-order valence-electron chi connectivity index (χ0n) is 7.54. The van der Waals surface area contributed by atoms with Gasteiger partial charge in [0.25, 0.3) is 0 Å². The van der Waals surface area contributed by atoms with E-state index < -0.39 is 11.6 Å². The van der Waals surface area contributed by atoms with Gasteiger partial charge in [0, 0.05) is 10.9 Å². The molecule has 2 rings (SSSR count). The van der Waals surface area contributed by atoms with Crippen LogP contribution in [-0.2, 0) is 0 Å². The highest BCUT2D eigenvalue weighted by Gasteiger charge is 2.05. The average Bonchev–Trinajstić information content (AvgIpc) is 2.64. The Hall–Kier alpha value is -1.55. The Labute approximate surface area is 89.0 Å². The van der Waals surface area contributed by atoms with Crippen LogP contribution in [0.2, 0.25) is 0 Å². The van der Waals surface area contributed by atoms with Gasteiger partial charge in [-0.3, -0.25) is 4.79 Å². The summed E-state index contributed by atoms with van der Waals surface area (Å²) in [5, 5.41) is 0. The van der Waals surface area contributed by atoms with E-state index in [1.807, 2.05) is 0 Å². The lowest BCUT2D eigenvalue weighted by Gasteiger charge is -1.97. The van der Waals surface area contributed by atoms with E-state index in [1.54, 1.807) is 12.1 Å².